The summed E-state index contributed by atoms with van der Waals surface area (Å²) in [4.78, 5) is 44.5. The van der Waals surface area contributed by atoms with Gasteiger partial charge in [-0.1, -0.05) is 58.8 Å². The van der Waals surface area contributed by atoms with Gasteiger partial charge >= 0.3 is 11.9 Å². The zero-order valence-electron chi connectivity index (χ0n) is 28.6. The molecule has 2 heterocycles. The van der Waals surface area contributed by atoms with Crippen molar-refractivity contribution in [2.24, 2.45) is 4.99 Å². The molecule has 0 bridgehead atoms. The number of thiazole rings is 1. The fraction of sp³-hybridized carbons (Fsp3) is 0.297. The van der Waals surface area contributed by atoms with E-state index in [4.69, 9.17) is 46.9 Å². The van der Waals surface area contributed by atoms with Gasteiger partial charge in [-0.3, -0.25) is 9.36 Å². The summed E-state index contributed by atoms with van der Waals surface area (Å²) in [5.41, 5.74) is 2.11. The fourth-order valence-corrected chi connectivity index (χ4v) is 6.89. The Kier molecular flexibility index (Phi) is 12.5. The van der Waals surface area contributed by atoms with Gasteiger partial charge in [0.05, 0.1) is 53.8 Å². The lowest BCUT2D eigenvalue weighted by Gasteiger charge is -2.25. The lowest BCUT2D eigenvalue weighted by atomic mass is 9.95. The molecule has 1 atom stereocenters. The smallest absolute Gasteiger partial charge is 0.343 e. The lowest BCUT2D eigenvalue weighted by Crippen LogP contribution is -2.40. The molecular formula is C37H36Cl2N2O9S. The molecule has 1 aliphatic heterocycles. The summed E-state index contributed by atoms with van der Waals surface area (Å²) >= 11 is 14.2. The number of hydrogen-bond acceptors (Lipinski definition) is 11. The fourth-order valence-electron chi connectivity index (χ4n) is 5.38. The number of carbonyl (C=O) groups is 2. The SMILES string of the molecule is CCOC(=O)C1=C(C)N=c2s/c(=C\c3cc(Cl)c(OCc4ccccc4Cl)c(OCC)c3)c(=O)n2[C@@H]1c1ccc(OCC(=O)OC)c(OCC)c1. The molecule has 0 aliphatic carbocycles. The third kappa shape index (κ3) is 8.41. The van der Waals surface area contributed by atoms with Gasteiger partial charge in [0.15, 0.2) is 34.4 Å². The van der Waals surface area contributed by atoms with E-state index >= 15 is 0 Å². The van der Waals surface area contributed by atoms with E-state index in [1.807, 2.05) is 25.1 Å². The van der Waals surface area contributed by atoms with Crippen LogP contribution in [0.25, 0.3) is 6.08 Å². The van der Waals surface area contributed by atoms with E-state index in [-0.39, 0.29) is 42.8 Å². The van der Waals surface area contributed by atoms with Crippen molar-refractivity contribution in [1.29, 1.82) is 0 Å². The number of aromatic nitrogens is 1. The molecule has 0 radical (unpaired) electrons. The Morgan fingerprint density at radius 3 is 2.35 bits per heavy atom. The van der Waals surface area contributed by atoms with E-state index in [1.165, 1.54) is 11.7 Å². The Balaban J connectivity index is 1.60. The van der Waals surface area contributed by atoms with E-state index in [0.29, 0.717) is 55.0 Å². The first-order valence-corrected chi connectivity index (χ1v) is 17.7. The van der Waals surface area contributed by atoms with Crippen LogP contribution in [-0.2, 0) is 25.7 Å². The van der Waals surface area contributed by atoms with Crippen LogP contribution < -0.4 is 33.8 Å². The monoisotopic (exact) mass is 754 g/mol. The number of allylic oxidation sites excluding steroid dienone is 1. The third-order valence-corrected chi connectivity index (χ3v) is 9.27. The molecule has 268 valence electrons. The molecule has 0 N–H and O–H groups in total. The summed E-state index contributed by atoms with van der Waals surface area (Å²) in [7, 11) is 1.26. The van der Waals surface area contributed by atoms with Crippen molar-refractivity contribution in [3.8, 4) is 23.0 Å². The van der Waals surface area contributed by atoms with Crippen molar-refractivity contribution >= 4 is 52.6 Å². The highest BCUT2D eigenvalue weighted by Gasteiger charge is 2.34. The molecule has 0 spiro atoms. The molecule has 0 saturated carbocycles. The highest BCUT2D eigenvalue weighted by Crippen LogP contribution is 2.39. The quantitative estimate of drug-likeness (QED) is 0.142. The van der Waals surface area contributed by atoms with Crippen LogP contribution in [-0.4, -0.2) is 50.0 Å². The summed E-state index contributed by atoms with van der Waals surface area (Å²) in [5, 5.41) is 0.846. The van der Waals surface area contributed by atoms with Crippen LogP contribution >= 0.6 is 34.5 Å². The normalized spacial score (nSPS) is 14.0. The van der Waals surface area contributed by atoms with Gasteiger partial charge in [0.2, 0.25) is 0 Å². The van der Waals surface area contributed by atoms with Gasteiger partial charge in [-0.05, 0) is 75.2 Å². The summed E-state index contributed by atoms with van der Waals surface area (Å²) in [6.07, 6.45) is 1.69. The minimum atomic E-state index is -0.917. The largest absolute Gasteiger partial charge is 0.490 e. The van der Waals surface area contributed by atoms with E-state index in [1.54, 1.807) is 63.2 Å². The van der Waals surface area contributed by atoms with Crippen molar-refractivity contribution in [3.05, 3.63) is 112 Å². The van der Waals surface area contributed by atoms with Gasteiger partial charge in [0.25, 0.3) is 5.56 Å². The van der Waals surface area contributed by atoms with Crippen LogP contribution in [0.15, 0.2) is 75.7 Å². The highest BCUT2D eigenvalue weighted by atomic mass is 35.5. The number of carbonyl (C=O) groups excluding carboxylic acids is 2. The second-order valence-corrected chi connectivity index (χ2v) is 12.8. The first-order valence-electron chi connectivity index (χ1n) is 16.1. The summed E-state index contributed by atoms with van der Waals surface area (Å²) in [6, 6.07) is 14.8. The molecule has 14 heteroatoms. The second kappa shape index (κ2) is 17.0. The molecule has 3 aromatic carbocycles. The Bertz CT molecular complexity index is 2160. The van der Waals surface area contributed by atoms with E-state index in [2.05, 4.69) is 9.73 Å². The predicted octanol–water partition coefficient (Wildman–Crippen LogP) is 6.03. The zero-order valence-corrected chi connectivity index (χ0v) is 30.9. The molecule has 0 fully saturated rings. The first kappa shape index (κ1) is 37.5. The average molecular weight is 756 g/mol. The van der Waals surface area contributed by atoms with Crippen LogP contribution in [0.5, 0.6) is 23.0 Å². The van der Waals surface area contributed by atoms with Crippen LogP contribution in [0.3, 0.4) is 0 Å². The summed E-state index contributed by atoms with van der Waals surface area (Å²) in [5.74, 6) is 0.170. The van der Waals surface area contributed by atoms with Crippen LogP contribution in [0.1, 0.15) is 50.4 Å². The molecule has 51 heavy (non-hydrogen) atoms. The summed E-state index contributed by atoms with van der Waals surface area (Å²) < 4.78 is 35.3. The minimum absolute atomic E-state index is 0.123. The molecular weight excluding hydrogens is 719 g/mol. The Hall–Kier alpha value is -4.78. The first-order chi connectivity index (χ1) is 24.6. The van der Waals surface area contributed by atoms with Crippen molar-refractivity contribution in [1.82, 2.24) is 4.57 Å². The van der Waals surface area contributed by atoms with Gasteiger partial charge in [-0.25, -0.2) is 14.6 Å². The predicted molar refractivity (Wildman–Crippen MR) is 194 cm³/mol. The third-order valence-electron chi connectivity index (χ3n) is 7.63. The molecule has 0 saturated heterocycles. The Labute approximate surface area is 308 Å². The molecule has 4 aromatic rings. The Morgan fingerprint density at radius 1 is 0.902 bits per heavy atom. The molecule has 5 rings (SSSR count). The van der Waals surface area contributed by atoms with Crippen molar-refractivity contribution in [2.45, 2.75) is 40.3 Å². The maximum Gasteiger partial charge on any atom is 0.343 e. The minimum Gasteiger partial charge on any atom is -0.490 e. The van der Waals surface area contributed by atoms with E-state index in [9.17, 15) is 14.4 Å². The average Bonchev–Trinajstić information content (AvgIpc) is 3.40. The molecule has 0 amide bonds. The van der Waals surface area contributed by atoms with Crippen LogP contribution in [0.4, 0.5) is 0 Å². The number of esters is 2. The lowest BCUT2D eigenvalue weighted by molar-refractivity contribution is -0.143. The number of fused-ring (bicyclic) bond motifs is 1. The topological polar surface area (TPSA) is 124 Å². The van der Waals surface area contributed by atoms with Gasteiger partial charge in [0, 0.05) is 10.6 Å². The number of nitrogens with zero attached hydrogens (tertiary/aromatic N) is 2. The van der Waals surface area contributed by atoms with E-state index < -0.39 is 23.5 Å². The van der Waals surface area contributed by atoms with Crippen molar-refractivity contribution in [3.63, 3.8) is 0 Å². The maximum absolute atomic E-state index is 14.3. The highest BCUT2D eigenvalue weighted by molar-refractivity contribution is 7.07. The van der Waals surface area contributed by atoms with Crippen LogP contribution in [0.2, 0.25) is 10.0 Å². The standard InChI is InChI=1S/C37H36Cl2N2O9S/c1-6-46-28-18-23(13-14-27(28)49-20-31(42)45-5)33-32(36(44)48-8-3)21(4)40-37-41(33)35(43)30(51-37)17-22-15-26(39)34(29(16-22)47-7-2)50-19-24-11-9-10-12-25(24)38/h9-18,33H,6-8,19-20H2,1-5H3/b30-17-/t33-/m1/s1. The molecule has 11 nitrogen and oxygen atoms in total. The van der Waals surface area contributed by atoms with Gasteiger partial charge < -0.3 is 28.4 Å². The number of ether oxygens (including phenoxy) is 6. The molecule has 0 unspecified atom stereocenters. The number of halogens is 2. The van der Waals surface area contributed by atoms with Crippen molar-refractivity contribution < 1.29 is 38.0 Å². The zero-order chi connectivity index (χ0) is 36.7. The summed E-state index contributed by atoms with van der Waals surface area (Å²) in [6.45, 7) is 7.64. The number of hydrogen-bond donors (Lipinski definition) is 0. The van der Waals surface area contributed by atoms with E-state index in [0.717, 1.165) is 16.9 Å². The number of benzene rings is 3. The van der Waals surface area contributed by atoms with Gasteiger partial charge in [-0.2, -0.15) is 0 Å². The molecule has 1 aromatic heterocycles. The maximum atomic E-state index is 14.3. The number of methoxy groups -OCH3 is 1. The van der Waals surface area contributed by atoms with Gasteiger partial charge in [-0.15, -0.1) is 0 Å². The second-order valence-electron chi connectivity index (χ2n) is 10.9. The Morgan fingerprint density at radius 2 is 1.65 bits per heavy atom. The van der Waals surface area contributed by atoms with Crippen molar-refractivity contribution in [2.75, 3.05) is 33.5 Å². The van der Waals surface area contributed by atoms with Crippen LogP contribution in [0, 0.1) is 0 Å². The molecule has 1 aliphatic rings. The van der Waals surface area contributed by atoms with Gasteiger partial charge in [0.1, 0.15) is 6.61 Å². The number of rotatable bonds is 14.